The number of nitrogens with zero attached hydrogens (tertiary/aromatic N) is 2. The summed E-state index contributed by atoms with van der Waals surface area (Å²) < 4.78 is 0. The number of anilines is 1. The number of hydrogen-bond donors (Lipinski definition) is 2. The molecule has 0 aliphatic rings. The van der Waals surface area contributed by atoms with Crippen molar-refractivity contribution >= 4 is 28.7 Å². The Hall–Kier alpha value is -2.99. The number of thiazole rings is 1. The van der Waals surface area contributed by atoms with Gasteiger partial charge in [-0.25, -0.2) is 9.78 Å². The number of benzene rings is 2. The van der Waals surface area contributed by atoms with Crippen molar-refractivity contribution in [3.8, 4) is 11.3 Å². The summed E-state index contributed by atoms with van der Waals surface area (Å²) in [4.78, 5) is 15.7. The summed E-state index contributed by atoms with van der Waals surface area (Å²) in [6.07, 6.45) is 1.49. The molecule has 2 N–H and O–H groups in total. The Balaban J connectivity index is 1.75. The third-order valence-corrected chi connectivity index (χ3v) is 4.46. The van der Waals surface area contributed by atoms with Crippen molar-refractivity contribution < 1.29 is 9.90 Å². The summed E-state index contributed by atoms with van der Waals surface area (Å²) in [6, 6.07) is 13.0. The predicted molar refractivity (Wildman–Crippen MR) is 102 cm³/mol. The topological polar surface area (TPSA) is 74.6 Å². The van der Waals surface area contributed by atoms with Gasteiger partial charge in [-0.1, -0.05) is 42.0 Å². The Morgan fingerprint density at radius 1 is 1.24 bits per heavy atom. The van der Waals surface area contributed by atoms with Gasteiger partial charge in [0.2, 0.25) is 5.13 Å². The molecule has 3 rings (SSSR count). The number of carboxylic acid groups (broad SMARTS) is 1. The van der Waals surface area contributed by atoms with Crippen LogP contribution in [0.1, 0.15) is 27.0 Å². The molecule has 0 spiro atoms. The number of rotatable bonds is 5. The fourth-order valence-corrected chi connectivity index (χ4v) is 3.17. The van der Waals surface area contributed by atoms with E-state index in [1.165, 1.54) is 28.7 Å². The van der Waals surface area contributed by atoms with Gasteiger partial charge >= 0.3 is 5.97 Å². The minimum Gasteiger partial charge on any atom is -0.478 e. The van der Waals surface area contributed by atoms with Gasteiger partial charge in [-0.05, 0) is 25.5 Å². The number of aromatic carboxylic acids is 1. The quantitative estimate of drug-likeness (QED) is 0.521. The molecule has 0 saturated carbocycles. The summed E-state index contributed by atoms with van der Waals surface area (Å²) in [5.74, 6) is -0.978. The number of carbonyl (C=O) groups is 1. The van der Waals surface area contributed by atoms with E-state index in [-0.39, 0.29) is 5.56 Å². The van der Waals surface area contributed by atoms with Crippen molar-refractivity contribution in [3.05, 3.63) is 70.1 Å². The maximum Gasteiger partial charge on any atom is 0.336 e. The molecule has 2 aromatic carbocycles. The van der Waals surface area contributed by atoms with Crippen molar-refractivity contribution in [2.75, 3.05) is 5.43 Å². The van der Waals surface area contributed by atoms with Gasteiger partial charge in [-0.15, -0.1) is 11.3 Å². The summed E-state index contributed by atoms with van der Waals surface area (Å²) in [5.41, 5.74) is 7.99. The lowest BCUT2D eigenvalue weighted by molar-refractivity contribution is 0.0697. The van der Waals surface area contributed by atoms with Gasteiger partial charge in [0.1, 0.15) is 0 Å². The van der Waals surface area contributed by atoms with Crippen LogP contribution in [0.3, 0.4) is 0 Å². The molecule has 0 unspecified atom stereocenters. The molecule has 126 valence electrons. The molecule has 0 atom stereocenters. The fraction of sp³-hybridized carbons (Fsp3) is 0.105. The Morgan fingerprint density at radius 3 is 2.80 bits per heavy atom. The van der Waals surface area contributed by atoms with Crippen LogP contribution in [0, 0.1) is 13.8 Å². The van der Waals surface area contributed by atoms with Gasteiger partial charge in [-0.3, -0.25) is 5.43 Å². The summed E-state index contributed by atoms with van der Waals surface area (Å²) in [7, 11) is 0. The third kappa shape index (κ3) is 3.92. The van der Waals surface area contributed by atoms with Crippen LogP contribution in [0.2, 0.25) is 0 Å². The average Bonchev–Trinajstić information content (AvgIpc) is 3.03. The van der Waals surface area contributed by atoms with E-state index in [0.29, 0.717) is 10.7 Å². The molecule has 0 amide bonds. The van der Waals surface area contributed by atoms with Crippen molar-refractivity contribution in [3.63, 3.8) is 0 Å². The van der Waals surface area contributed by atoms with Crippen molar-refractivity contribution in [2.24, 2.45) is 5.10 Å². The van der Waals surface area contributed by atoms with Crippen molar-refractivity contribution in [2.45, 2.75) is 13.8 Å². The van der Waals surface area contributed by atoms with Gasteiger partial charge in [0.15, 0.2) is 0 Å². The van der Waals surface area contributed by atoms with Crippen molar-refractivity contribution in [1.82, 2.24) is 4.98 Å². The molecule has 0 bridgehead atoms. The van der Waals surface area contributed by atoms with E-state index >= 15 is 0 Å². The SMILES string of the molecule is Cc1ccc(-c2csc(N/N=C\c3ccccc3C(=O)O)n2)c(C)c1. The maximum atomic E-state index is 11.2. The summed E-state index contributed by atoms with van der Waals surface area (Å²) in [6.45, 7) is 4.13. The first kappa shape index (κ1) is 16.9. The van der Waals surface area contributed by atoms with Gasteiger partial charge in [0.25, 0.3) is 0 Å². The smallest absolute Gasteiger partial charge is 0.336 e. The monoisotopic (exact) mass is 351 g/mol. The number of hydrazone groups is 1. The molecule has 25 heavy (non-hydrogen) atoms. The summed E-state index contributed by atoms with van der Waals surface area (Å²) >= 11 is 1.45. The predicted octanol–water partition coefficient (Wildman–Crippen LogP) is 4.57. The van der Waals surface area contributed by atoms with Crippen LogP contribution in [0.25, 0.3) is 11.3 Å². The van der Waals surface area contributed by atoms with Gasteiger partial charge in [-0.2, -0.15) is 5.10 Å². The third-order valence-electron chi connectivity index (χ3n) is 3.72. The van der Waals surface area contributed by atoms with E-state index in [1.54, 1.807) is 24.3 Å². The first-order valence-corrected chi connectivity index (χ1v) is 8.57. The number of aromatic nitrogens is 1. The first-order chi connectivity index (χ1) is 12.0. The maximum absolute atomic E-state index is 11.2. The van der Waals surface area contributed by atoms with Gasteiger partial charge in [0, 0.05) is 16.5 Å². The Labute approximate surface area is 149 Å². The van der Waals surface area contributed by atoms with E-state index in [1.807, 2.05) is 5.38 Å². The number of aryl methyl sites for hydroxylation is 2. The lowest BCUT2D eigenvalue weighted by atomic mass is 10.0. The summed E-state index contributed by atoms with van der Waals surface area (Å²) in [5, 5.41) is 15.9. The molecule has 6 heteroatoms. The molecule has 0 radical (unpaired) electrons. The second-order valence-corrected chi connectivity index (χ2v) is 6.48. The van der Waals surface area contributed by atoms with E-state index in [0.717, 1.165) is 11.3 Å². The molecule has 0 aliphatic heterocycles. The van der Waals surface area contributed by atoms with E-state index < -0.39 is 5.97 Å². The zero-order valence-corrected chi connectivity index (χ0v) is 14.7. The fourth-order valence-electron chi connectivity index (χ4n) is 2.51. The zero-order valence-electron chi connectivity index (χ0n) is 13.9. The Bertz CT molecular complexity index is 947. The molecule has 1 heterocycles. The molecule has 0 fully saturated rings. The molecular weight excluding hydrogens is 334 g/mol. The van der Waals surface area contributed by atoms with Crippen LogP contribution in [-0.2, 0) is 0 Å². The molecular formula is C19H17N3O2S. The van der Waals surface area contributed by atoms with E-state index in [4.69, 9.17) is 5.11 Å². The Kier molecular flexibility index (Phi) is 4.90. The first-order valence-electron chi connectivity index (χ1n) is 7.69. The molecule has 3 aromatic rings. The molecule has 1 aromatic heterocycles. The zero-order chi connectivity index (χ0) is 17.8. The number of hydrogen-bond acceptors (Lipinski definition) is 5. The number of nitrogens with one attached hydrogen (secondary N) is 1. The van der Waals surface area contributed by atoms with Crippen LogP contribution in [-0.4, -0.2) is 22.3 Å². The van der Waals surface area contributed by atoms with Crippen LogP contribution in [0.5, 0.6) is 0 Å². The van der Waals surface area contributed by atoms with E-state index in [9.17, 15) is 4.79 Å². The van der Waals surface area contributed by atoms with Gasteiger partial charge < -0.3 is 5.11 Å². The van der Waals surface area contributed by atoms with Crippen LogP contribution >= 0.6 is 11.3 Å². The van der Waals surface area contributed by atoms with Crippen LogP contribution in [0.15, 0.2) is 52.9 Å². The lowest BCUT2D eigenvalue weighted by Gasteiger charge is -2.03. The largest absolute Gasteiger partial charge is 0.478 e. The second-order valence-electron chi connectivity index (χ2n) is 5.62. The minimum absolute atomic E-state index is 0.211. The molecule has 0 saturated heterocycles. The van der Waals surface area contributed by atoms with Gasteiger partial charge in [0.05, 0.1) is 17.5 Å². The van der Waals surface area contributed by atoms with Crippen molar-refractivity contribution in [1.29, 1.82) is 0 Å². The normalized spacial score (nSPS) is 11.0. The minimum atomic E-state index is -0.978. The highest BCUT2D eigenvalue weighted by molar-refractivity contribution is 7.14. The highest BCUT2D eigenvalue weighted by atomic mass is 32.1. The molecule has 0 aliphatic carbocycles. The van der Waals surface area contributed by atoms with E-state index in [2.05, 4.69) is 47.6 Å². The lowest BCUT2D eigenvalue weighted by Crippen LogP contribution is -2.02. The molecule has 5 nitrogen and oxygen atoms in total. The Morgan fingerprint density at radius 2 is 2.04 bits per heavy atom. The highest BCUT2D eigenvalue weighted by Gasteiger charge is 2.08. The standard InChI is InChI=1S/C19H17N3O2S/c1-12-7-8-15(13(2)9-12)17-11-25-19(21-17)22-20-10-14-5-3-4-6-16(14)18(23)24/h3-11H,1-2H3,(H,21,22)(H,23,24)/b20-10-. The average molecular weight is 351 g/mol. The van der Waals surface area contributed by atoms with Crippen LogP contribution in [0.4, 0.5) is 5.13 Å². The highest BCUT2D eigenvalue weighted by Crippen LogP contribution is 2.27. The number of carboxylic acids is 1. The van der Waals surface area contributed by atoms with Crippen LogP contribution < -0.4 is 5.43 Å². The second kappa shape index (κ2) is 7.27.